The molecule has 0 aliphatic carbocycles. The Labute approximate surface area is 154 Å². The Bertz CT molecular complexity index is 847. The summed E-state index contributed by atoms with van der Waals surface area (Å²) in [6, 6.07) is 11.3. The number of anilines is 1. The molecule has 140 valence electrons. The zero-order valence-corrected chi connectivity index (χ0v) is 16.0. The average molecular weight is 377 g/mol. The van der Waals surface area contributed by atoms with Crippen molar-refractivity contribution in [1.29, 1.82) is 0 Å². The molecule has 0 atom stereocenters. The van der Waals surface area contributed by atoms with E-state index in [4.69, 9.17) is 14.2 Å². The molecule has 2 aromatic rings. The third kappa shape index (κ3) is 4.11. The summed E-state index contributed by atoms with van der Waals surface area (Å²) in [6.45, 7) is 6.14. The van der Waals surface area contributed by atoms with Crippen LogP contribution in [-0.2, 0) is 10.0 Å². The Morgan fingerprint density at radius 3 is 2.23 bits per heavy atom. The SMILES string of the molecule is C=CCN(c1ccc(OC)cc1OC)S(=O)(=O)c1ccc(OCC)cc1. The fourth-order valence-electron chi connectivity index (χ4n) is 2.44. The Kier molecular flexibility index (Phi) is 6.52. The third-order valence-corrected chi connectivity index (χ3v) is 5.47. The summed E-state index contributed by atoms with van der Waals surface area (Å²) in [6.07, 6.45) is 1.52. The van der Waals surface area contributed by atoms with Crippen LogP contribution in [0.4, 0.5) is 5.69 Å². The van der Waals surface area contributed by atoms with Crippen LogP contribution in [0.5, 0.6) is 17.2 Å². The van der Waals surface area contributed by atoms with Crippen LogP contribution in [0.1, 0.15) is 6.92 Å². The van der Waals surface area contributed by atoms with Gasteiger partial charge in [-0.05, 0) is 43.3 Å². The minimum atomic E-state index is -3.81. The van der Waals surface area contributed by atoms with Crippen molar-refractivity contribution in [3.8, 4) is 17.2 Å². The first-order chi connectivity index (χ1) is 12.5. The molecule has 0 unspecified atom stereocenters. The van der Waals surface area contributed by atoms with E-state index in [1.807, 2.05) is 6.92 Å². The van der Waals surface area contributed by atoms with Crippen LogP contribution < -0.4 is 18.5 Å². The van der Waals surface area contributed by atoms with Crippen molar-refractivity contribution in [2.75, 3.05) is 31.7 Å². The van der Waals surface area contributed by atoms with Crippen molar-refractivity contribution in [1.82, 2.24) is 0 Å². The monoisotopic (exact) mass is 377 g/mol. The summed E-state index contributed by atoms with van der Waals surface area (Å²) in [5.74, 6) is 1.58. The Morgan fingerprint density at radius 2 is 1.69 bits per heavy atom. The van der Waals surface area contributed by atoms with E-state index < -0.39 is 10.0 Å². The van der Waals surface area contributed by atoms with Crippen LogP contribution in [0.3, 0.4) is 0 Å². The number of benzene rings is 2. The smallest absolute Gasteiger partial charge is 0.264 e. The van der Waals surface area contributed by atoms with E-state index in [1.54, 1.807) is 30.3 Å². The molecule has 0 aliphatic heterocycles. The first-order valence-electron chi connectivity index (χ1n) is 8.06. The van der Waals surface area contributed by atoms with E-state index in [0.29, 0.717) is 29.5 Å². The van der Waals surface area contributed by atoms with E-state index in [0.717, 1.165) is 0 Å². The van der Waals surface area contributed by atoms with Gasteiger partial charge in [0.25, 0.3) is 10.0 Å². The second-order valence-electron chi connectivity index (χ2n) is 5.27. The van der Waals surface area contributed by atoms with E-state index in [1.165, 1.54) is 36.7 Å². The first kappa shape index (κ1) is 19.7. The largest absolute Gasteiger partial charge is 0.497 e. The minimum absolute atomic E-state index is 0.0955. The lowest BCUT2D eigenvalue weighted by Crippen LogP contribution is -2.31. The summed E-state index contributed by atoms with van der Waals surface area (Å²) in [5, 5.41) is 0. The minimum Gasteiger partial charge on any atom is -0.497 e. The van der Waals surface area contributed by atoms with Gasteiger partial charge in [-0.3, -0.25) is 4.31 Å². The summed E-state index contributed by atoms with van der Waals surface area (Å²) in [4.78, 5) is 0.153. The number of nitrogens with zero attached hydrogens (tertiary/aromatic N) is 1. The van der Waals surface area contributed by atoms with Gasteiger partial charge in [-0.25, -0.2) is 8.42 Å². The van der Waals surface area contributed by atoms with Crippen molar-refractivity contribution in [3.05, 3.63) is 55.1 Å². The predicted octanol–water partition coefficient (Wildman–Crippen LogP) is 3.48. The molecule has 0 amide bonds. The van der Waals surface area contributed by atoms with Crippen LogP contribution >= 0.6 is 0 Å². The maximum atomic E-state index is 13.2. The zero-order valence-electron chi connectivity index (χ0n) is 15.1. The summed E-state index contributed by atoms with van der Waals surface area (Å²) >= 11 is 0. The summed E-state index contributed by atoms with van der Waals surface area (Å²) < 4.78 is 43.5. The van der Waals surface area contributed by atoms with Crippen molar-refractivity contribution in [3.63, 3.8) is 0 Å². The molecule has 0 aromatic heterocycles. The second kappa shape index (κ2) is 8.62. The van der Waals surface area contributed by atoms with Crippen molar-refractivity contribution in [2.45, 2.75) is 11.8 Å². The quantitative estimate of drug-likeness (QED) is 0.626. The molecule has 0 aliphatic rings. The van der Waals surface area contributed by atoms with Crippen LogP contribution in [0.2, 0.25) is 0 Å². The zero-order chi connectivity index (χ0) is 19.2. The second-order valence-corrected chi connectivity index (χ2v) is 7.13. The molecule has 0 saturated carbocycles. The molecule has 2 rings (SSSR count). The lowest BCUT2D eigenvalue weighted by molar-refractivity contribution is 0.340. The molecule has 0 N–H and O–H groups in total. The molecule has 7 heteroatoms. The first-order valence-corrected chi connectivity index (χ1v) is 9.50. The highest BCUT2D eigenvalue weighted by molar-refractivity contribution is 7.92. The molecular weight excluding hydrogens is 354 g/mol. The van der Waals surface area contributed by atoms with E-state index in [9.17, 15) is 8.42 Å². The Balaban J connectivity index is 2.49. The highest BCUT2D eigenvalue weighted by Crippen LogP contribution is 2.35. The van der Waals surface area contributed by atoms with Gasteiger partial charge >= 0.3 is 0 Å². The van der Waals surface area contributed by atoms with Gasteiger partial charge in [-0.15, -0.1) is 6.58 Å². The molecule has 0 heterocycles. The Hall–Kier alpha value is -2.67. The van der Waals surface area contributed by atoms with Gasteiger partial charge in [0.2, 0.25) is 0 Å². The van der Waals surface area contributed by atoms with E-state index in [2.05, 4.69) is 6.58 Å². The van der Waals surface area contributed by atoms with Crippen molar-refractivity contribution < 1.29 is 22.6 Å². The number of ether oxygens (including phenoxy) is 3. The van der Waals surface area contributed by atoms with Crippen LogP contribution in [-0.4, -0.2) is 35.8 Å². The molecule has 6 nitrogen and oxygen atoms in total. The average Bonchev–Trinajstić information content (AvgIpc) is 2.66. The van der Waals surface area contributed by atoms with Gasteiger partial charge in [0.15, 0.2) is 0 Å². The standard InChI is InChI=1S/C19H23NO5S/c1-5-13-20(18-12-9-16(23-3)14-19(18)24-4)26(21,22)17-10-7-15(8-11-17)25-6-2/h5,7-12,14H,1,6,13H2,2-4H3. The molecule has 26 heavy (non-hydrogen) atoms. The lowest BCUT2D eigenvalue weighted by atomic mass is 10.2. The maximum Gasteiger partial charge on any atom is 0.264 e. The predicted molar refractivity (Wildman–Crippen MR) is 102 cm³/mol. The Morgan fingerprint density at radius 1 is 1.04 bits per heavy atom. The van der Waals surface area contributed by atoms with E-state index >= 15 is 0 Å². The fourth-order valence-corrected chi connectivity index (χ4v) is 3.88. The lowest BCUT2D eigenvalue weighted by Gasteiger charge is -2.25. The van der Waals surface area contributed by atoms with Gasteiger partial charge in [0.1, 0.15) is 17.2 Å². The topological polar surface area (TPSA) is 65.1 Å². The normalized spacial score (nSPS) is 10.9. The van der Waals surface area contributed by atoms with Gasteiger partial charge in [0.05, 0.1) is 38.0 Å². The summed E-state index contributed by atoms with van der Waals surface area (Å²) in [7, 11) is -0.800. The number of hydrogen-bond donors (Lipinski definition) is 0. The summed E-state index contributed by atoms with van der Waals surface area (Å²) in [5.41, 5.74) is 0.405. The molecule has 0 saturated heterocycles. The molecule has 0 radical (unpaired) electrons. The van der Waals surface area contributed by atoms with Crippen molar-refractivity contribution >= 4 is 15.7 Å². The van der Waals surface area contributed by atoms with Crippen LogP contribution in [0.15, 0.2) is 60.0 Å². The van der Waals surface area contributed by atoms with Crippen LogP contribution in [0, 0.1) is 0 Å². The molecule has 0 fully saturated rings. The van der Waals surface area contributed by atoms with E-state index in [-0.39, 0.29) is 11.4 Å². The number of methoxy groups -OCH3 is 2. The maximum absolute atomic E-state index is 13.2. The van der Waals surface area contributed by atoms with Gasteiger partial charge in [-0.2, -0.15) is 0 Å². The highest BCUT2D eigenvalue weighted by Gasteiger charge is 2.26. The van der Waals surface area contributed by atoms with Crippen molar-refractivity contribution in [2.24, 2.45) is 0 Å². The fraction of sp³-hybridized carbons (Fsp3) is 0.263. The molecular formula is C19H23NO5S. The number of rotatable bonds is 9. The molecule has 0 bridgehead atoms. The third-order valence-electron chi connectivity index (χ3n) is 3.67. The van der Waals surface area contributed by atoms with Gasteiger partial charge < -0.3 is 14.2 Å². The molecule has 0 spiro atoms. The number of sulfonamides is 1. The van der Waals surface area contributed by atoms with Gasteiger partial charge in [0, 0.05) is 6.07 Å². The highest BCUT2D eigenvalue weighted by atomic mass is 32.2. The molecule has 2 aromatic carbocycles. The van der Waals surface area contributed by atoms with Crippen LogP contribution in [0.25, 0.3) is 0 Å². The van der Waals surface area contributed by atoms with Gasteiger partial charge in [-0.1, -0.05) is 6.08 Å². The number of hydrogen-bond acceptors (Lipinski definition) is 5.